The van der Waals surface area contributed by atoms with Gasteiger partial charge in [-0.05, 0) is 30.0 Å². The Morgan fingerprint density at radius 1 is 1.23 bits per heavy atom. The molecule has 1 aliphatic rings. The average Bonchev–Trinajstić information content (AvgIpc) is 3.05. The summed E-state index contributed by atoms with van der Waals surface area (Å²) in [6, 6.07) is 7.37. The second-order valence-electron chi connectivity index (χ2n) is 6.79. The molecule has 2 aromatic rings. The molecular weight excluding hydrogens is 348 g/mol. The predicted octanol–water partition coefficient (Wildman–Crippen LogP) is 3.58. The third kappa shape index (κ3) is 4.78. The van der Waals surface area contributed by atoms with Crippen molar-refractivity contribution in [2.24, 2.45) is 5.92 Å². The summed E-state index contributed by atoms with van der Waals surface area (Å²) >= 11 is 1.55. The van der Waals surface area contributed by atoms with Crippen LogP contribution in [0.2, 0.25) is 0 Å². The van der Waals surface area contributed by atoms with Crippen molar-refractivity contribution < 1.29 is 9.53 Å². The van der Waals surface area contributed by atoms with Crippen LogP contribution in [0.25, 0.3) is 0 Å². The first-order valence-electron chi connectivity index (χ1n) is 9.17. The molecule has 1 saturated carbocycles. The quantitative estimate of drug-likeness (QED) is 0.453. The number of aromatic nitrogens is 3. The molecule has 1 fully saturated rings. The van der Waals surface area contributed by atoms with E-state index < -0.39 is 0 Å². The monoisotopic (exact) mass is 374 g/mol. The van der Waals surface area contributed by atoms with Crippen LogP contribution in [0.1, 0.15) is 60.3 Å². The highest BCUT2D eigenvalue weighted by molar-refractivity contribution is 7.98. The molecule has 7 heteroatoms. The van der Waals surface area contributed by atoms with Crippen LogP contribution >= 0.6 is 11.8 Å². The van der Waals surface area contributed by atoms with Crippen molar-refractivity contribution in [2.75, 3.05) is 13.0 Å². The van der Waals surface area contributed by atoms with Gasteiger partial charge in [-0.1, -0.05) is 56.0 Å². The summed E-state index contributed by atoms with van der Waals surface area (Å²) in [5.74, 6) is 8.24. The van der Waals surface area contributed by atoms with Crippen molar-refractivity contribution in [1.82, 2.24) is 14.9 Å². The van der Waals surface area contributed by atoms with Gasteiger partial charge in [0.15, 0.2) is 5.82 Å². The highest BCUT2D eigenvalue weighted by Crippen LogP contribution is 2.28. The zero-order valence-electron chi connectivity index (χ0n) is 15.2. The number of rotatable bonds is 7. The van der Waals surface area contributed by atoms with Gasteiger partial charge in [0.2, 0.25) is 5.16 Å². The summed E-state index contributed by atoms with van der Waals surface area (Å²) in [5, 5.41) is 9.22. The van der Waals surface area contributed by atoms with Crippen molar-refractivity contribution in [3.63, 3.8) is 0 Å². The van der Waals surface area contributed by atoms with Gasteiger partial charge in [-0.3, -0.25) is 0 Å². The van der Waals surface area contributed by atoms with Gasteiger partial charge in [0, 0.05) is 12.2 Å². The van der Waals surface area contributed by atoms with Crippen molar-refractivity contribution in [2.45, 2.75) is 55.9 Å². The van der Waals surface area contributed by atoms with Crippen LogP contribution in [0.3, 0.4) is 0 Å². The highest BCUT2D eigenvalue weighted by atomic mass is 32.2. The number of aryl methyl sites for hydroxylation is 1. The topological polar surface area (TPSA) is 83.0 Å². The van der Waals surface area contributed by atoms with E-state index in [0.717, 1.165) is 41.1 Å². The minimum Gasteiger partial charge on any atom is -0.465 e. The SMILES string of the molecule is COC(=O)c1ccc(CSc2nnc(CCC3CCCCC3)n2N)cc1. The Morgan fingerprint density at radius 3 is 2.65 bits per heavy atom. The lowest BCUT2D eigenvalue weighted by Crippen LogP contribution is -2.16. The van der Waals surface area contributed by atoms with Crippen molar-refractivity contribution in [3.8, 4) is 0 Å². The van der Waals surface area contributed by atoms with E-state index in [1.54, 1.807) is 28.6 Å². The van der Waals surface area contributed by atoms with E-state index in [-0.39, 0.29) is 5.97 Å². The van der Waals surface area contributed by atoms with Crippen LogP contribution in [0.15, 0.2) is 29.4 Å². The Kier molecular flexibility index (Phi) is 6.55. The lowest BCUT2D eigenvalue weighted by molar-refractivity contribution is 0.0600. The summed E-state index contributed by atoms with van der Waals surface area (Å²) in [6.45, 7) is 0. The maximum absolute atomic E-state index is 11.5. The third-order valence-corrected chi connectivity index (χ3v) is 5.99. The molecule has 1 aromatic carbocycles. The molecule has 3 rings (SSSR count). The molecule has 26 heavy (non-hydrogen) atoms. The molecule has 0 radical (unpaired) electrons. The minimum absolute atomic E-state index is 0.325. The number of nitrogens with zero attached hydrogens (tertiary/aromatic N) is 3. The Labute approximate surface area is 158 Å². The van der Waals surface area contributed by atoms with Crippen LogP contribution in [0.4, 0.5) is 0 Å². The first-order valence-corrected chi connectivity index (χ1v) is 10.2. The highest BCUT2D eigenvalue weighted by Gasteiger charge is 2.16. The Morgan fingerprint density at radius 2 is 1.96 bits per heavy atom. The number of carbonyl (C=O) groups excluding carboxylic acids is 1. The summed E-state index contributed by atoms with van der Waals surface area (Å²) in [5.41, 5.74) is 1.64. The molecule has 0 aliphatic heterocycles. The van der Waals surface area contributed by atoms with Crippen molar-refractivity contribution in [3.05, 3.63) is 41.2 Å². The van der Waals surface area contributed by atoms with Crippen LogP contribution in [-0.4, -0.2) is 28.0 Å². The second kappa shape index (κ2) is 9.07. The number of ether oxygens (including phenoxy) is 1. The fraction of sp³-hybridized carbons (Fsp3) is 0.526. The lowest BCUT2D eigenvalue weighted by atomic mass is 9.86. The van der Waals surface area contributed by atoms with Crippen LogP contribution in [-0.2, 0) is 16.9 Å². The number of thioether (sulfide) groups is 1. The van der Waals surface area contributed by atoms with E-state index in [1.165, 1.54) is 39.2 Å². The van der Waals surface area contributed by atoms with E-state index in [4.69, 9.17) is 10.6 Å². The molecule has 0 amide bonds. The van der Waals surface area contributed by atoms with E-state index in [2.05, 4.69) is 10.2 Å². The molecule has 0 saturated heterocycles. The maximum Gasteiger partial charge on any atom is 0.337 e. The summed E-state index contributed by atoms with van der Waals surface area (Å²) in [7, 11) is 1.38. The Hall–Kier alpha value is -2.02. The smallest absolute Gasteiger partial charge is 0.337 e. The van der Waals surface area contributed by atoms with Crippen LogP contribution in [0, 0.1) is 5.92 Å². The summed E-state index contributed by atoms with van der Waals surface area (Å²) in [6.07, 6.45) is 8.80. The molecule has 140 valence electrons. The van der Waals surface area contributed by atoms with E-state index in [0.29, 0.717) is 5.56 Å². The number of carbonyl (C=O) groups is 1. The number of hydrogen-bond acceptors (Lipinski definition) is 6. The Bertz CT molecular complexity index is 724. The number of esters is 1. The van der Waals surface area contributed by atoms with Gasteiger partial charge in [-0.25, -0.2) is 9.47 Å². The normalized spacial score (nSPS) is 15.1. The van der Waals surface area contributed by atoms with E-state index in [1.807, 2.05) is 12.1 Å². The van der Waals surface area contributed by atoms with E-state index >= 15 is 0 Å². The largest absolute Gasteiger partial charge is 0.465 e. The fourth-order valence-electron chi connectivity index (χ4n) is 3.39. The fourth-order valence-corrected chi connectivity index (χ4v) is 4.22. The number of methoxy groups -OCH3 is 1. The zero-order chi connectivity index (χ0) is 18.4. The third-order valence-electron chi connectivity index (χ3n) is 4.98. The van der Waals surface area contributed by atoms with Crippen LogP contribution < -0.4 is 5.84 Å². The van der Waals surface area contributed by atoms with E-state index in [9.17, 15) is 4.79 Å². The molecule has 1 heterocycles. The van der Waals surface area contributed by atoms with Gasteiger partial charge in [0.25, 0.3) is 0 Å². The molecule has 0 unspecified atom stereocenters. The number of benzene rings is 1. The van der Waals surface area contributed by atoms with Crippen LogP contribution in [0.5, 0.6) is 0 Å². The summed E-state index contributed by atoms with van der Waals surface area (Å²) in [4.78, 5) is 11.5. The molecule has 0 bridgehead atoms. The van der Waals surface area contributed by atoms with Gasteiger partial charge >= 0.3 is 5.97 Å². The molecule has 0 atom stereocenters. The second-order valence-corrected chi connectivity index (χ2v) is 7.73. The van der Waals surface area contributed by atoms with Gasteiger partial charge < -0.3 is 10.6 Å². The predicted molar refractivity (Wildman–Crippen MR) is 102 cm³/mol. The van der Waals surface area contributed by atoms with Gasteiger partial charge in [-0.15, -0.1) is 10.2 Å². The zero-order valence-corrected chi connectivity index (χ0v) is 16.0. The molecule has 2 N–H and O–H groups in total. The molecular formula is C19H26N4O2S. The number of hydrogen-bond donors (Lipinski definition) is 1. The molecule has 0 spiro atoms. The summed E-state index contributed by atoms with van der Waals surface area (Å²) < 4.78 is 6.33. The number of nitrogens with two attached hydrogens (primary N) is 1. The minimum atomic E-state index is -0.325. The van der Waals surface area contributed by atoms with Gasteiger partial charge in [0.1, 0.15) is 0 Å². The van der Waals surface area contributed by atoms with Crippen molar-refractivity contribution >= 4 is 17.7 Å². The molecule has 6 nitrogen and oxygen atoms in total. The average molecular weight is 375 g/mol. The maximum atomic E-state index is 11.5. The van der Waals surface area contributed by atoms with Gasteiger partial charge in [0.05, 0.1) is 12.7 Å². The Balaban J connectivity index is 1.52. The first-order chi connectivity index (χ1) is 12.7. The van der Waals surface area contributed by atoms with Gasteiger partial charge in [-0.2, -0.15) is 0 Å². The first kappa shape index (κ1) is 18.8. The lowest BCUT2D eigenvalue weighted by Gasteiger charge is -2.20. The molecule has 1 aliphatic carbocycles. The molecule has 1 aromatic heterocycles. The number of nitrogen functional groups attached to an aromatic ring is 1. The van der Waals surface area contributed by atoms with Crippen molar-refractivity contribution in [1.29, 1.82) is 0 Å². The standard InChI is InChI=1S/C19H26N4O2S/c1-25-18(24)16-10-7-15(8-11-16)13-26-19-22-21-17(23(19)20)12-9-14-5-3-2-4-6-14/h7-8,10-11,14H,2-6,9,12-13,20H2,1H3.